The predicted octanol–water partition coefficient (Wildman–Crippen LogP) is 3.56. The van der Waals surface area contributed by atoms with Crippen LogP contribution in [0, 0.1) is 6.92 Å². The quantitative estimate of drug-likeness (QED) is 0.825. The summed E-state index contributed by atoms with van der Waals surface area (Å²) in [4.78, 5) is 0. The SMILES string of the molecule is CCOc1cc(OC)c2ccc(OC)c(C)c2c1. The van der Waals surface area contributed by atoms with E-state index in [4.69, 9.17) is 14.2 Å². The molecular formula is C15H18O3. The van der Waals surface area contributed by atoms with Crippen molar-refractivity contribution in [3.63, 3.8) is 0 Å². The summed E-state index contributed by atoms with van der Waals surface area (Å²) in [5, 5.41) is 2.16. The van der Waals surface area contributed by atoms with Gasteiger partial charge in [-0.15, -0.1) is 0 Å². The fourth-order valence-electron chi connectivity index (χ4n) is 2.14. The number of hydrogen-bond donors (Lipinski definition) is 0. The fraction of sp³-hybridized carbons (Fsp3) is 0.333. The molecule has 0 aliphatic carbocycles. The molecule has 0 aromatic heterocycles. The molecule has 0 bridgehead atoms. The third-order valence-electron chi connectivity index (χ3n) is 3.04. The average Bonchev–Trinajstić information content (AvgIpc) is 2.39. The van der Waals surface area contributed by atoms with Crippen molar-refractivity contribution in [1.29, 1.82) is 0 Å². The minimum atomic E-state index is 0.637. The Morgan fingerprint density at radius 3 is 2.28 bits per heavy atom. The lowest BCUT2D eigenvalue weighted by molar-refractivity contribution is 0.337. The standard InChI is InChI=1S/C15H18O3/c1-5-18-11-8-13-10(2)14(16-3)7-6-12(13)15(9-11)17-4/h6-9H,5H2,1-4H3. The highest BCUT2D eigenvalue weighted by Gasteiger charge is 2.10. The van der Waals surface area contributed by atoms with Gasteiger partial charge in [0.15, 0.2) is 0 Å². The minimum absolute atomic E-state index is 0.637. The van der Waals surface area contributed by atoms with Crippen LogP contribution in [0.5, 0.6) is 17.2 Å². The first-order chi connectivity index (χ1) is 8.71. The van der Waals surface area contributed by atoms with Crippen molar-refractivity contribution in [3.8, 4) is 17.2 Å². The molecule has 0 fully saturated rings. The first kappa shape index (κ1) is 12.6. The number of hydrogen-bond acceptors (Lipinski definition) is 3. The van der Waals surface area contributed by atoms with Crippen LogP contribution in [0.1, 0.15) is 12.5 Å². The normalized spacial score (nSPS) is 10.4. The van der Waals surface area contributed by atoms with E-state index in [0.717, 1.165) is 33.6 Å². The van der Waals surface area contributed by atoms with Crippen LogP contribution in [0.3, 0.4) is 0 Å². The number of fused-ring (bicyclic) bond motifs is 1. The summed E-state index contributed by atoms with van der Waals surface area (Å²) >= 11 is 0. The zero-order valence-electron chi connectivity index (χ0n) is 11.2. The van der Waals surface area contributed by atoms with E-state index < -0.39 is 0 Å². The topological polar surface area (TPSA) is 27.7 Å². The van der Waals surface area contributed by atoms with Crippen molar-refractivity contribution in [2.75, 3.05) is 20.8 Å². The molecule has 0 saturated heterocycles. The van der Waals surface area contributed by atoms with Crippen LogP contribution in [-0.2, 0) is 0 Å². The van der Waals surface area contributed by atoms with Crippen LogP contribution in [0.25, 0.3) is 10.8 Å². The highest BCUT2D eigenvalue weighted by Crippen LogP contribution is 2.36. The molecule has 2 rings (SSSR count). The second-order valence-corrected chi connectivity index (χ2v) is 4.05. The Hall–Kier alpha value is -1.90. The van der Waals surface area contributed by atoms with Gasteiger partial charge >= 0.3 is 0 Å². The van der Waals surface area contributed by atoms with Crippen LogP contribution < -0.4 is 14.2 Å². The van der Waals surface area contributed by atoms with Gasteiger partial charge in [-0.05, 0) is 43.0 Å². The van der Waals surface area contributed by atoms with Crippen LogP contribution >= 0.6 is 0 Å². The molecule has 0 radical (unpaired) electrons. The van der Waals surface area contributed by atoms with E-state index in [0.29, 0.717) is 6.61 Å². The second-order valence-electron chi connectivity index (χ2n) is 4.05. The number of methoxy groups -OCH3 is 2. The molecule has 0 aliphatic heterocycles. The molecule has 0 atom stereocenters. The Kier molecular flexibility index (Phi) is 3.60. The van der Waals surface area contributed by atoms with Crippen molar-refractivity contribution in [3.05, 3.63) is 29.8 Å². The second kappa shape index (κ2) is 5.17. The number of benzene rings is 2. The van der Waals surface area contributed by atoms with Crippen LogP contribution in [-0.4, -0.2) is 20.8 Å². The van der Waals surface area contributed by atoms with Gasteiger partial charge in [0, 0.05) is 11.5 Å². The molecule has 96 valence electrons. The van der Waals surface area contributed by atoms with E-state index in [-0.39, 0.29) is 0 Å². The molecule has 0 unspecified atom stereocenters. The smallest absolute Gasteiger partial charge is 0.130 e. The van der Waals surface area contributed by atoms with Gasteiger partial charge in [0.25, 0.3) is 0 Å². The lowest BCUT2D eigenvalue weighted by Crippen LogP contribution is -1.95. The zero-order chi connectivity index (χ0) is 13.1. The molecule has 3 heteroatoms. The van der Waals surface area contributed by atoms with Crippen LogP contribution in [0.15, 0.2) is 24.3 Å². The maximum absolute atomic E-state index is 5.56. The molecule has 0 spiro atoms. The lowest BCUT2D eigenvalue weighted by atomic mass is 10.0. The third-order valence-corrected chi connectivity index (χ3v) is 3.04. The van der Waals surface area contributed by atoms with E-state index in [1.54, 1.807) is 14.2 Å². The van der Waals surface area contributed by atoms with E-state index >= 15 is 0 Å². The molecule has 2 aromatic rings. The van der Waals surface area contributed by atoms with Crippen molar-refractivity contribution in [1.82, 2.24) is 0 Å². The predicted molar refractivity (Wildman–Crippen MR) is 73.0 cm³/mol. The van der Waals surface area contributed by atoms with Crippen molar-refractivity contribution in [2.45, 2.75) is 13.8 Å². The minimum Gasteiger partial charge on any atom is -0.496 e. The summed E-state index contributed by atoms with van der Waals surface area (Å²) in [7, 11) is 3.35. The Bertz CT molecular complexity index is 561. The van der Waals surface area contributed by atoms with Gasteiger partial charge in [-0.25, -0.2) is 0 Å². The zero-order valence-corrected chi connectivity index (χ0v) is 11.2. The van der Waals surface area contributed by atoms with Crippen molar-refractivity contribution in [2.24, 2.45) is 0 Å². The first-order valence-electron chi connectivity index (χ1n) is 5.99. The summed E-state index contributed by atoms with van der Waals surface area (Å²) in [6.07, 6.45) is 0. The Morgan fingerprint density at radius 2 is 1.67 bits per heavy atom. The van der Waals surface area contributed by atoms with Crippen LogP contribution in [0.4, 0.5) is 0 Å². The van der Waals surface area contributed by atoms with Gasteiger partial charge in [0.2, 0.25) is 0 Å². The van der Waals surface area contributed by atoms with Gasteiger partial charge < -0.3 is 14.2 Å². The molecule has 0 aliphatic rings. The lowest BCUT2D eigenvalue weighted by Gasteiger charge is -2.13. The summed E-state index contributed by atoms with van der Waals surface area (Å²) < 4.78 is 16.3. The Balaban J connectivity index is 2.71. The van der Waals surface area contributed by atoms with Gasteiger partial charge in [-0.1, -0.05) is 0 Å². The van der Waals surface area contributed by atoms with Gasteiger partial charge in [0.1, 0.15) is 17.2 Å². The van der Waals surface area contributed by atoms with E-state index in [1.807, 2.05) is 38.1 Å². The molecule has 3 nitrogen and oxygen atoms in total. The third kappa shape index (κ3) is 2.08. The maximum atomic E-state index is 5.56. The monoisotopic (exact) mass is 246 g/mol. The fourth-order valence-corrected chi connectivity index (χ4v) is 2.14. The highest BCUT2D eigenvalue weighted by atomic mass is 16.5. The summed E-state index contributed by atoms with van der Waals surface area (Å²) in [6.45, 7) is 4.64. The number of ether oxygens (including phenoxy) is 3. The van der Waals surface area contributed by atoms with Gasteiger partial charge in [-0.3, -0.25) is 0 Å². The average molecular weight is 246 g/mol. The first-order valence-corrected chi connectivity index (χ1v) is 5.99. The van der Waals surface area contributed by atoms with Crippen LogP contribution in [0.2, 0.25) is 0 Å². The summed E-state index contributed by atoms with van der Waals surface area (Å²) in [5.74, 6) is 2.51. The Morgan fingerprint density at radius 1 is 0.944 bits per heavy atom. The molecule has 0 N–H and O–H groups in total. The van der Waals surface area contributed by atoms with E-state index in [2.05, 4.69) is 0 Å². The molecule has 0 heterocycles. The van der Waals surface area contributed by atoms with Crippen molar-refractivity contribution >= 4 is 10.8 Å². The summed E-state index contributed by atoms with van der Waals surface area (Å²) in [6, 6.07) is 7.91. The molecule has 0 saturated carbocycles. The van der Waals surface area contributed by atoms with Gasteiger partial charge in [0.05, 0.1) is 20.8 Å². The van der Waals surface area contributed by atoms with Crippen molar-refractivity contribution < 1.29 is 14.2 Å². The highest BCUT2D eigenvalue weighted by molar-refractivity contribution is 5.93. The largest absolute Gasteiger partial charge is 0.496 e. The molecule has 0 amide bonds. The number of rotatable bonds is 4. The molecule has 18 heavy (non-hydrogen) atoms. The molecule has 2 aromatic carbocycles. The van der Waals surface area contributed by atoms with E-state index in [9.17, 15) is 0 Å². The number of aryl methyl sites for hydroxylation is 1. The summed E-state index contributed by atoms with van der Waals surface area (Å²) in [5.41, 5.74) is 1.09. The Labute approximate surface area is 107 Å². The maximum Gasteiger partial charge on any atom is 0.130 e. The van der Waals surface area contributed by atoms with E-state index in [1.165, 1.54) is 0 Å². The molecular weight excluding hydrogens is 228 g/mol. The van der Waals surface area contributed by atoms with Gasteiger partial charge in [-0.2, -0.15) is 0 Å².